The van der Waals surface area contributed by atoms with Crippen LogP contribution in [-0.4, -0.2) is 47.2 Å². The van der Waals surface area contributed by atoms with E-state index in [1.807, 2.05) is 30.3 Å². The number of halogens is 1. The first-order valence-corrected chi connectivity index (χ1v) is 10.7. The molecule has 1 amide bonds. The number of anilines is 1. The van der Waals surface area contributed by atoms with Crippen molar-refractivity contribution in [3.63, 3.8) is 0 Å². The zero-order valence-electron chi connectivity index (χ0n) is 16.4. The Morgan fingerprint density at radius 3 is 2.53 bits per heavy atom. The Bertz CT molecular complexity index is 1090. The van der Waals surface area contributed by atoms with Crippen LogP contribution < -0.4 is 5.32 Å². The van der Waals surface area contributed by atoms with Gasteiger partial charge < -0.3 is 5.32 Å². The molecule has 30 heavy (non-hydrogen) atoms. The molecule has 1 aromatic heterocycles. The maximum absolute atomic E-state index is 13.0. The fourth-order valence-electron chi connectivity index (χ4n) is 2.78. The van der Waals surface area contributed by atoms with Gasteiger partial charge in [-0.15, -0.1) is 5.10 Å². The van der Waals surface area contributed by atoms with Crippen LogP contribution in [-0.2, 0) is 21.4 Å². The Kier molecular flexibility index (Phi) is 6.91. The molecule has 3 rings (SSSR count). The lowest BCUT2D eigenvalue weighted by Crippen LogP contribution is -2.28. The first-order chi connectivity index (χ1) is 14.3. The minimum atomic E-state index is -3.73. The quantitative estimate of drug-likeness (QED) is 0.561. The number of amides is 1. The summed E-state index contributed by atoms with van der Waals surface area (Å²) in [5, 5.41) is 10.6. The van der Waals surface area contributed by atoms with Crippen molar-refractivity contribution < 1.29 is 17.6 Å². The number of hydrogen-bond acceptors (Lipinski definition) is 5. The number of nitrogens with one attached hydrogen (secondary N) is 1. The van der Waals surface area contributed by atoms with Crippen LogP contribution in [0.5, 0.6) is 0 Å². The van der Waals surface area contributed by atoms with Gasteiger partial charge in [0.05, 0.1) is 17.6 Å². The molecule has 0 unspecified atom stereocenters. The van der Waals surface area contributed by atoms with E-state index in [0.717, 1.165) is 22.0 Å². The summed E-state index contributed by atoms with van der Waals surface area (Å²) in [5.74, 6) is -0.452. The highest BCUT2D eigenvalue weighted by atomic mass is 32.2. The average molecular weight is 431 g/mol. The smallest absolute Gasteiger partial charge is 0.242 e. The normalized spacial score (nSPS) is 11.6. The second kappa shape index (κ2) is 9.59. The van der Waals surface area contributed by atoms with Gasteiger partial charge in [0.15, 0.2) is 5.82 Å². The van der Waals surface area contributed by atoms with Gasteiger partial charge in [0.1, 0.15) is 5.82 Å². The number of hydrogen-bond donors (Lipinski definition) is 1. The number of rotatable bonds is 9. The van der Waals surface area contributed by atoms with Crippen LogP contribution in [0.15, 0.2) is 65.7 Å². The number of carbonyl (C=O) groups excluding carboxylic acids is 1. The van der Waals surface area contributed by atoms with Gasteiger partial charge >= 0.3 is 0 Å². The van der Waals surface area contributed by atoms with E-state index in [-0.39, 0.29) is 23.8 Å². The minimum Gasteiger partial charge on any atom is -0.308 e. The number of aromatic nitrogens is 3. The van der Waals surface area contributed by atoms with Crippen LogP contribution >= 0.6 is 0 Å². The summed E-state index contributed by atoms with van der Waals surface area (Å²) in [7, 11) is -2.31. The topological polar surface area (TPSA) is 97.2 Å². The van der Waals surface area contributed by atoms with Gasteiger partial charge in [-0.25, -0.2) is 21.8 Å². The predicted octanol–water partition coefficient (Wildman–Crippen LogP) is 2.50. The minimum absolute atomic E-state index is 0.00545. The van der Waals surface area contributed by atoms with Gasteiger partial charge in [-0.3, -0.25) is 4.79 Å². The van der Waals surface area contributed by atoms with Crippen molar-refractivity contribution in [1.29, 1.82) is 0 Å². The van der Waals surface area contributed by atoms with Crippen LogP contribution in [0, 0.1) is 5.82 Å². The highest BCUT2D eigenvalue weighted by molar-refractivity contribution is 7.89. The zero-order chi connectivity index (χ0) is 21.6. The van der Waals surface area contributed by atoms with E-state index in [4.69, 9.17) is 0 Å². The van der Waals surface area contributed by atoms with Crippen LogP contribution in [0.3, 0.4) is 0 Å². The standard InChI is InChI=1S/C20H22FN5O3S/c1-25(30(28,29)18-11-9-17(21)10-12-18)13-5-8-20(27)22-19-15-26(24-23-19)14-16-6-3-2-4-7-16/h2-4,6-7,9-12,15H,5,8,13-14H2,1H3,(H,22,27). The van der Waals surface area contributed by atoms with Crippen molar-refractivity contribution in [1.82, 2.24) is 19.3 Å². The van der Waals surface area contributed by atoms with Crippen LogP contribution in [0.1, 0.15) is 18.4 Å². The van der Waals surface area contributed by atoms with Crippen LogP contribution in [0.2, 0.25) is 0 Å². The fraction of sp³-hybridized carbons (Fsp3) is 0.250. The molecule has 0 aliphatic carbocycles. The van der Waals surface area contributed by atoms with Gasteiger partial charge in [0.2, 0.25) is 15.9 Å². The van der Waals surface area contributed by atoms with E-state index in [9.17, 15) is 17.6 Å². The van der Waals surface area contributed by atoms with E-state index >= 15 is 0 Å². The summed E-state index contributed by atoms with van der Waals surface area (Å²) in [6.45, 7) is 0.684. The van der Waals surface area contributed by atoms with Gasteiger partial charge in [-0.2, -0.15) is 0 Å². The highest BCUT2D eigenvalue weighted by Gasteiger charge is 2.20. The summed E-state index contributed by atoms with van der Waals surface area (Å²) in [4.78, 5) is 12.1. The largest absolute Gasteiger partial charge is 0.308 e. The molecule has 0 bridgehead atoms. The number of sulfonamides is 1. The Labute approximate surface area is 174 Å². The lowest BCUT2D eigenvalue weighted by atomic mass is 10.2. The number of carbonyl (C=O) groups is 1. The third-order valence-electron chi connectivity index (χ3n) is 4.39. The SMILES string of the molecule is CN(CCCC(=O)Nc1cn(Cc2ccccc2)nn1)S(=O)(=O)c1ccc(F)cc1. The van der Waals surface area contributed by atoms with Crippen molar-refractivity contribution in [2.24, 2.45) is 0 Å². The molecule has 1 N–H and O–H groups in total. The van der Waals surface area contributed by atoms with E-state index in [2.05, 4.69) is 15.6 Å². The van der Waals surface area contributed by atoms with Gasteiger partial charge in [-0.1, -0.05) is 35.5 Å². The highest BCUT2D eigenvalue weighted by Crippen LogP contribution is 2.15. The first kappa shape index (κ1) is 21.6. The Morgan fingerprint density at radius 1 is 1.13 bits per heavy atom. The number of benzene rings is 2. The van der Waals surface area contributed by atoms with Crippen molar-refractivity contribution in [3.05, 3.63) is 72.2 Å². The van der Waals surface area contributed by atoms with Crippen molar-refractivity contribution in [2.45, 2.75) is 24.3 Å². The molecule has 2 aromatic carbocycles. The van der Waals surface area contributed by atoms with E-state index in [0.29, 0.717) is 18.8 Å². The second-order valence-electron chi connectivity index (χ2n) is 6.72. The summed E-state index contributed by atoms with van der Waals surface area (Å²) in [5.41, 5.74) is 1.06. The van der Waals surface area contributed by atoms with E-state index in [1.54, 1.807) is 10.9 Å². The lowest BCUT2D eigenvalue weighted by molar-refractivity contribution is -0.116. The maximum Gasteiger partial charge on any atom is 0.242 e. The monoisotopic (exact) mass is 431 g/mol. The van der Waals surface area contributed by atoms with Crippen LogP contribution in [0.25, 0.3) is 0 Å². The van der Waals surface area contributed by atoms with E-state index in [1.165, 1.54) is 19.2 Å². The molecule has 0 saturated carbocycles. The Hall–Kier alpha value is -3.11. The molecular formula is C20H22FN5O3S. The molecule has 158 valence electrons. The molecule has 0 fully saturated rings. The first-order valence-electron chi connectivity index (χ1n) is 9.30. The van der Waals surface area contributed by atoms with E-state index < -0.39 is 15.8 Å². The molecule has 8 nitrogen and oxygen atoms in total. The number of nitrogens with zero attached hydrogens (tertiary/aromatic N) is 4. The van der Waals surface area contributed by atoms with Crippen LogP contribution in [0.4, 0.5) is 10.2 Å². The molecule has 0 aliphatic heterocycles. The molecular weight excluding hydrogens is 409 g/mol. The van der Waals surface area contributed by atoms with Gasteiger partial charge in [-0.05, 0) is 36.2 Å². The summed E-state index contributed by atoms with van der Waals surface area (Å²) >= 11 is 0. The maximum atomic E-state index is 13.0. The van der Waals surface area contributed by atoms with Gasteiger partial charge in [0.25, 0.3) is 0 Å². The Balaban J connectivity index is 1.46. The summed E-state index contributed by atoms with van der Waals surface area (Å²) in [6, 6.07) is 14.4. The molecule has 0 radical (unpaired) electrons. The van der Waals surface area contributed by atoms with Gasteiger partial charge in [0, 0.05) is 20.0 Å². The average Bonchev–Trinajstić information content (AvgIpc) is 3.15. The molecule has 0 atom stereocenters. The predicted molar refractivity (Wildman–Crippen MR) is 110 cm³/mol. The summed E-state index contributed by atoms with van der Waals surface area (Å²) in [6.07, 6.45) is 2.08. The molecule has 10 heteroatoms. The molecule has 0 saturated heterocycles. The van der Waals surface area contributed by atoms with Crippen molar-refractivity contribution in [3.8, 4) is 0 Å². The molecule has 1 heterocycles. The van der Waals surface area contributed by atoms with Crippen molar-refractivity contribution >= 4 is 21.7 Å². The van der Waals surface area contributed by atoms with Crippen molar-refractivity contribution in [2.75, 3.05) is 18.9 Å². The molecule has 0 spiro atoms. The Morgan fingerprint density at radius 2 is 1.83 bits per heavy atom. The third kappa shape index (κ3) is 5.71. The zero-order valence-corrected chi connectivity index (χ0v) is 17.2. The third-order valence-corrected chi connectivity index (χ3v) is 6.26. The molecule has 3 aromatic rings. The second-order valence-corrected chi connectivity index (χ2v) is 8.76. The summed E-state index contributed by atoms with van der Waals surface area (Å²) < 4.78 is 40.6. The lowest BCUT2D eigenvalue weighted by Gasteiger charge is -2.16. The molecule has 0 aliphatic rings. The fourth-order valence-corrected chi connectivity index (χ4v) is 3.99.